The largest absolute Gasteiger partial charge is 0.264 e. The van der Waals surface area contributed by atoms with Crippen LogP contribution in [0, 0.1) is 0 Å². The summed E-state index contributed by atoms with van der Waals surface area (Å²) < 4.78 is 0. The Bertz CT molecular complexity index is 1000. The molecule has 6 aromatic rings. The number of rotatable bonds is 0. The lowest BCUT2D eigenvalue weighted by molar-refractivity contribution is 1.32. The number of hydrogen-bond acceptors (Lipinski definition) is 6. The van der Waals surface area contributed by atoms with E-state index in [9.17, 15) is 0 Å². The summed E-state index contributed by atoms with van der Waals surface area (Å²) in [6, 6.07) is 15.5. The second kappa shape index (κ2) is 9.75. The topological polar surface area (TPSA) is 77.3 Å². The molecule has 0 aliphatic rings. The van der Waals surface area contributed by atoms with Gasteiger partial charge in [-0.15, -0.1) is 0 Å². The number of pyridine rings is 6. The van der Waals surface area contributed by atoms with Gasteiger partial charge in [0, 0.05) is 78.1 Å². The maximum Gasteiger partial charge on any atom is 0.0886 e. The molecular weight excluding hydrogens is 372 g/mol. The van der Waals surface area contributed by atoms with Gasteiger partial charge in [-0.1, -0.05) is 0 Å². The molecule has 144 valence electrons. The molecule has 6 heterocycles. The van der Waals surface area contributed by atoms with Crippen LogP contribution in [0.15, 0.2) is 110 Å². The second-order valence-electron chi connectivity index (χ2n) is 6.24. The molecule has 0 aliphatic carbocycles. The van der Waals surface area contributed by atoms with Gasteiger partial charge >= 0.3 is 0 Å². The zero-order valence-electron chi connectivity index (χ0n) is 16.1. The molecule has 0 aromatic carbocycles. The summed E-state index contributed by atoms with van der Waals surface area (Å²) >= 11 is 0. The third kappa shape index (κ3) is 4.94. The zero-order valence-corrected chi connectivity index (χ0v) is 16.1. The standard InChI is InChI=1S/3C8H6N2/c1-3-9-6-8-2-4-10-5-7(1)8;1-3-9-5-8-6-10-4-2-7(1)8;1-3-7-8(9-5-1)4-2-6-10-7/h3*1-6H. The molecule has 0 atom stereocenters. The molecule has 6 heteroatoms. The number of fused-ring (bicyclic) bond motifs is 3. The smallest absolute Gasteiger partial charge is 0.0886 e. The second-order valence-corrected chi connectivity index (χ2v) is 6.24. The first-order valence-corrected chi connectivity index (χ1v) is 9.33. The van der Waals surface area contributed by atoms with Crippen LogP contribution in [0.3, 0.4) is 0 Å². The summed E-state index contributed by atoms with van der Waals surface area (Å²) in [5.41, 5.74) is 1.90. The molecule has 0 aliphatic heterocycles. The third-order valence-corrected chi connectivity index (χ3v) is 4.25. The van der Waals surface area contributed by atoms with E-state index in [1.165, 1.54) is 5.39 Å². The molecule has 0 saturated heterocycles. The van der Waals surface area contributed by atoms with Gasteiger partial charge in [-0.3, -0.25) is 29.9 Å². The van der Waals surface area contributed by atoms with Crippen molar-refractivity contribution in [2.45, 2.75) is 0 Å². The van der Waals surface area contributed by atoms with Crippen molar-refractivity contribution in [3.05, 3.63) is 110 Å². The van der Waals surface area contributed by atoms with E-state index < -0.39 is 0 Å². The highest BCUT2D eigenvalue weighted by Gasteiger charge is 1.89. The number of aromatic nitrogens is 6. The molecule has 6 aromatic heterocycles. The normalized spacial score (nSPS) is 10.0. The van der Waals surface area contributed by atoms with E-state index in [4.69, 9.17) is 0 Å². The van der Waals surface area contributed by atoms with Crippen molar-refractivity contribution in [3.8, 4) is 0 Å². The minimum Gasteiger partial charge on any atom is -0.264 e. The highest BCUT2D eigenvalue weighted by Crippen LogP contribution is 2.08. The molecule has 0 spiro atoms. The van der Waals surface area contributed by atoms with E-state index in [-0.39, 0.29) is 0 Å². The van der Waals surface area contributed by atoms with Crippen LogP contribution < -0.4 is 0 Å². The van der Waals surface area contributed by atoms with Crippen LogP contribution in [0.25, 0.3) is 32.6 Å². The molecule has 6 nitrogen and oxygen atoms in total. The van der Waals surface area contributed by atoms with E-state index >= 15 is 0 Å². The summed E-state index contributed by atoms with van der Waals surface area (Å²) in [7, 11) is 0. The van der Waals surface area contributed by atoms with E-state index in [0.29, 0.717) is 0 Å². The van der Waals surface area contributed by atoms with E-state index in [1.807, 2.05) is 73.3 Å². The maximum absolute atomic E-state index is 4.12. The molecule has 30 heavy (non-hydrogen) atoms. The zero-order chi connectivity index (χ0) is 20.4. The Hall–Kier alpha value is -4.32. The lowest BCUT2D eigenvalue weighted by atomic mass is 10.2. The van der Waals surface area contributed by atoms with Crippen molar-refractivity contribution in [1.82, 2.24) is 29.9 Å². The van der Waals surface area contributed by atoms with Gasteiger partial charge < -0.3 is 0 Å². The summed E-state index contributed by atoms with van der Waals surface area (Å²) in [5.74, 6) is 0. The fourth-order valence-corrected chi connectivity index (χ4v) is 2.75. The Labute approximate surface area is 173 Å². The van der Waals surface area contributed by atoms with E-state index in [0.717, 1.165) is 27.2 Å². The lowest BCUT2D eigenvalue weighted by Crippen LogP contribution is -1.78. The molecule has 0 radical (unpaired) electrons. The first-order chi connectivity index (χ1) is 14.9. The quantitative estimate of drug-likeness (QED) is 0.367. The highest BCUT2D eigenvalue weighted by atomic mass is 14.7. The fourth-order valence-electron chi connectivity index (χ4n) is 2.75. The summed E-state index contributed by atoms with van der Waals surface area (Å²) in [6.45, 7) is 0. The summed E-state index contributed by atoms with van der Waals surface area (Å²) in [4.78, 5) is 24.2. The van der Waals surface area contributed by atoms with Crippen LogP contribution in [0.2, 0.25) is 0 Å². The Morgan fingerprint density at radius 1 is 0.367 bits per heavy atom. The van der Waals surface area contributed by atoms with Crippen molar-refractivity contribution in [2.75, 3.05) is 0 Å². The molecule has 0 saturated carbocycles. The van der Waals surface area contributed by atoms with Gasteiger partial charge in [0.2, 0.25) is 0 Å². The lowest BCUT2D eigenvalue weighted by Gasteiger charge is -1.91. The highest BCUT2D eigenvalue weighted by molar-refractivity contribution is 5.80. The molecule has 0 fully saturated rings. The Morgan fingerprint density at radius 3 is 1.20 bits per heavy atom. The molecule has 0 bridgehead atoms. The Balaban J connectivity index is 0.000000109. The van der Waals surface area contributed by atoms with Crippen LogP contribution in [-0.2, 0) is 0 Å². The molecule has 0 amide bonds. The summed E-state index contributed by atoms with van der Waals surface area (Å²) in [5, 5.41) is 4.55. The van der Waals surface area contributed by atoms with Gasteiger partial charge in [0.1, 0.15) is 0 Å². The number of nitrogens with zero attached hydrogens (tertiary/aromatic N) is 6. The van der Waals surface area contributed by atoms with Gasteiger partial charge in [0.25, 0.3) is 0 Å². The van der Waals surface area contributed by atoms with Gasteiger partial charge in [-0.25, -0.2) is 0 Å². The Morgan fingerprint density at radius 2 is 0.767 bits per heavy atom. The van der Waals surface area contributed by atoms with E-state index in [1.54, 1.807) is 37.2 Å². The van der Waals surface area contributed by atoms with Crippen LogP contribution in [0.5, 0.6) is 0 Å². The van der Waals surface area contributed by atoms with Gasteiger partial charge in [0.15, 0.2) is 0 Å². The predicted octanol–water partition coefficient (Wildman–Crippen LogP) is 4.89. The third-order valence-electron chi connectivity index (χ3n) is 4.25. The van der Waals surface area contributed by atoms with Crippen molar-refractivity contribution in [3.63, 3.8) is 0 Å². The summed E-state index contributed by atoms with van der Waals surface area (Å²) in [6.07, 6.45) is 17.9. The maximum atomic E-state index is 4.12. The number of hydrogen-bond donors (Lipinski definition) is 0. The monoisotopic (exact) mass is 390 g/mol. The minimum atomic E-state index is 0.949. The van der Waals surface area contributed by atoms with Gasteiger partial charge in [-0.2, -0.15) is 0 Å². The van der Waals surface area contributed by atoms with Crippen LogP contribution in [0.4, 0.5) is 0 Å². The minimum absolute atomic E-state index is 0.949. The van der Waals surface area contributed by atoms with E-state index in [2.05, 4.69) is 29.9 Å². The van der Waals surface area contributed by atoms with Crippen LogP contribution >= 0.6 is 0 Å². The molecular formula is C24H18N6. The SMILES string of the molecule is c1cc2ccncc2cn1.c1cc2cnccc2cn1.c1cnc2cccnc2c1. The predicted molar refractivity (Wildman–Crippen MR) is 119 cm³/mol. The molecule has 6 rings (SSSR count). The van der Waals surface area contributed by atoms with Crippen molar-refractivity contribution < 1.29 is 0 Å². The van der Waals surface area contributed by atoms with Gasteiger partial charge in [-0.05, 0) is 53.9 Å². The molecule has 0 N–H and O–H groups in total. The van der Waals surface area contributed by atoms with Crippen molar-refractivity contribution >= 4 is 32.6 Å². The van der Waals surface area contributed by atoms with Crippen LogP contribution in [-0.4, -0.2) is 29.9 Å². The van der Waals surface area contributed by atoms with Crippen molar-refractivity contribution in [1.29, 1.82) is 0 Å². The molecule has 0 unspecified atom stereocenters. The van der Waals surface area contributed by atoms with Gasteiger partial charge in [0.05, 0.1) is 11.0 Å². The Kier molecular flexibility index (Phi) is 6.18. The first-order valence-electron chi connectivity index (χ1n) is 9.33. The average molecular weight is 390 g/mol. The average Bonchev–Trinajstić information content (AvgIpc) is 2.85. The van der Waals surface area contributed by atoms with Crippen molar-refractivity contribution in [2.24, 2.45) is 0 Å². The fraction of sp³-hybridized carbons (Fsp3) is 0. The first kappa shape index (κ1) is 19.0. The van der Waals surface area contributed by atoms with Crippen LogP contribution in [0.1, 0.15) is 0 Å².